The highest BCUT2D eigenvalue weighted by atomic mass is 19.1. The molecular weight excluding hydrogens is 297 g/mol. The van der Waals surface area contributed by atoms with E-state index < -0.39 is 17.3 Å². The molecule has 1 aromatic carbocycles. The van der Waals surface area contributed by atoms with Crippen LogP contribution in [0.25, 0.3) is 0 Å². The molecule has 2 rings (SSSR count). The molecule has 23 heavy (non-hydrogen) atoms. The van der Waals surface area contributed by atoms with E-state index in [4.69, 9.17) is 5.73 Å². The lowest BCUT2D eigenvalue weighted by Gasteiger charge is -2.29. The second-order valence-corrected chi connectivity index (χ2v) is 5.95. The molecule has 1 unspecified atom stereocenters. The minimum Gasteiger partial charge on any atom is -0.344 e. The Labute approximate surface area is 136 Å². The van der Waals surface area contributed by atoms with Crippen LogP contribution in [0.2, 0.25) is 0 Å². The second kappa shape index (κ2) is 7.08. The molecular formula is C17H24FN3O2. The molecule has 0 bridgehead atoms. The fourth-order valence-electron chi connectivity index (χ4n) is 2.99. The molecule has 1 aliphatic heterocycles. The van der Waals surface area contributed by atoms with Gasteiger partial charge in [0, 0.05) is 13.1 Å². The number of benzene rings is 1. The molecule has 1 atom stereocenters. The zero-order valence-corrected chi connectivity index (χ0v) is 13.6. The number of halogens is 1. The molecule has 1 heterocycles. The van der Waals surface area contributed by atoms with E-state index in [2.05, 4.69) is 5.32 Å². The molecule has 1 saturated heterocycles. The van der Waals surface area contributed by atoms with Crippen LogP contribution < -0.4 is 16.0 Å². The third-order valence-corrected chi connectivity index (χ3v) is 4.88. The first kappa shape index (κ1) is 17.4. The summed E-state index contributed by atoms with van der Waals surface area (Å²) in [6.45, 7) is 4.46. The van der Waals surface area contributed by atoms with Gasteiger partial charge in [0.1, 0.15) is 11.9 Å². The normalized spacial score (nSPS) is 18.3. The lowest BCUT2D eigenvalue weighted by Crippen LogP contribution is -2.51. The van der Waals surface area contributed by atoms with Gasteiger partial charge in [-0.1, -0.05) is 26.0 Å². The Morgan fingerprint density at radius 3 is 2.61 bits per heavy atom. The van der Waals surface area contributed by atoms with E-state index in [1.54, 1.807) is 18.2 Å². The van der Waals surface area contributed by atoms with Gasteiger partial charge in [-0.25, -0.2) is 4.39 Å². The van der Waals surface area contributed by atoms with Crippen LogP contribution in [0, 0.1) is 11.2 Å². The van der Waals surface area contributed by atoms with E-state index in [0.717, 1.165) is 0 Å². The van der Waals surface area contributed by atoms with Crippen molar-refractivity contribution in [1.29, 1.82) is 0 Å². The standard InChI is InChI=1S/C17H24FN3O2/c1-3-17(4-2,11-19)16(23)20-13-9-10-21(15(13)22)14-8-6-5-7-12(14)18/h5-8,13H,3-4,9-11,19H2,1-2H3,(H,20,23). The molecule has 6 heteroatoms. The van der Waals surface area contributed by atoms with Gasteiger partial charge >= 0.3 is 0 Å². The first-order valence-electron chi connectivity index (χ1n) is 8.06. The zero-order chi connectivity index (χ0) is 17.0. The van der Waals surface area contributed by atoms with E-state index in [1.807, 2.05) is 13.8 Å². The van der Waals surface area contributed by atoms with Crippen LogP contribution in [0.15, 0.2) is 24.3 Å². The minimum absolute atomic E-state index is 0.196. The molecule has 0 aromatic heterocycles. The van der Waals surface area contributed by atoms with Gasteiger partial charge in [-0.3, -0.25) is 9.59 Å². The van der Waals surface area contributed by atoms with E-state index in [9.17, 15) is 14.0 Å². The Bertz CT molecular complexity index is 579. The number of anilines is 1. The number of carbonyl (C=O) groups is 2. The second-order valence-electron chi connectivity index (χ2n) is 5.95. The predicted molar refractivity (Wildman–Crippen MR) is 87.4 cm³/mol. The van der Waals surface area contributed by atoms with Crippen molar-refractivity contribution in [2.24, 2.45) is 11.1 Å². The number of nitrogens with zero attached hydrogens (tertiary/aromatic N) is 1. The van der Waals surface area contributed by atoms with Crippen molar-refractivity contribution in [2.45, 2.75) is 39.2 Å². The summed E-state index contributed by atoms with van der Waals surface area (Å²) in [4.78, 5) is 26.4. The molecule has 5 nitrogen and oxygen atoms in total. The summed E-state index contributed by atoms with van der Waals surface area (Å²) in [6.07, 6.45) is 1.69. The minimum atomic E-state index is -0.647. The third kappa shape index (κ3) is 3.22. The van der Waals surface area contributed by atoms with E-state index in [0.29, 0.717) is 25.8 Å². The van der Waals surface area contributed by atoms with Gasteiger partial charge < -0.3 is 16.0 Å². The van der Waals surface area contributed by atoms with E-state index in [1.165, 1.54) is 11.0 Å². The molecule has 1 aliphatic rings. The monoisotopic (exact) mass is 321 g/mol. The summed E-state index contributed by atoms with van der Waals surface area (Å²) >= 11 is 0. The number of nitrogens with one attached hydrogen (secondary N) is 1. The lowest BCUT2D eigenvalue weighted by molar-refractivity contribution is -0.134. The van der Waals surface area contributed by atoms with Gasteiger partial charge in [0.05, 0.1) is 11.1 Å². The van der Waals surface area contributed by atoms with Crippen molar-refractivity contribution in [1.82, 2.24) is 5.32 Å². The third-order valence-electron chi connectivity index (χ3n) is 4.88. The maximum absolute atomic E-state index is 13.9. The van der Waals surface area contributed by atoms with Crippen LogP contribution in [0.3, 0.4) is 0 Å². The van der Waals surface area contributed by atoms with Gasteiger partial charge in [-0.2, -0.15) is 0 Å². The average Bonchev–Trinajstić information content (AvgIpc) is 2.91. The van der Waals surface area contributed by atoms with Crippen LogP contribution >= 0.6 is 0 Å². The topological polar surface area (TPSA) is 75.4 Å². The molecule has 0 aliphatic carbocycles. The molecule has 1 fully saturated rings. The van der Waals surface area contributed by atoms with Crippen LogP contribution in [0.5, 0.6) is 0 Å². The zero-order valence-electron chi connectivity index (χ0n) is 13.6. The number of hydrogen-bond acceptors (Lipinski definition) is 3. The Morgan fingerprint density at radius 2 is 2.04 bits per heavy atom. The molecule has 2 amide bonds. The molecule has 0 spiro atoms. The molecule has 0 radical (unpaired) electrons. The SMILES string of the molecule is CCC(CC)(CN)C(=O)NC1CCN(c2ccccc2F)C1=O. The van der Waals surface area contributed by atoms with Crippen molar-refractivity contribution >= 4 is 17.5 Å². The summed E-state index contributed by atoms with van der Waals surface area (Å²) in [7, 11) is 0. The predicted octanol–water partition coefficient (Wildman–Crippen LogP) is 1.81. The molecule has 126 valence electrons. The van der Waals surface area contributed by atoms with Crippen LogP contribution in [0.1, 0.15) is 33.1 Å². The number of nitrogens with two attached hydrogens (primary N) is 1. The maximum atomic E-state index is 13.9. The van der Waals surface area contributed by atoms with Gasteiger partial charge in [-0.15, -0.1) is 0 Å². The van der Waals surface area contributed by atoms with Gasteiger partial charge in [0.2, 0.25) is 11.8 Å². The largest absolute Gasteiger partial charge is 0.344 e. The van der Waals surface area contributed by atoms with Crippen molar-refractivity contribution in [3.05, 3.63) is 30.1 Å². The first-order chi connectivity index (χ1) is 11.0. The summed E-state index contributed by atoms with van der Waals surface area (Å²) in [5, 5.41) is 2.81. The number of para-hydroxylation sites is 1. The highest BCUT2D eigenvalue weighted by molar-refractivity contribution is 6.01. The highest BCUT2D eigenvalue weighted by Gasteiger charge is 2.39. The Morgan fingerprint density at radius 1 is 1.39 bits per heavy atom. The van der Waals surface area contributed by atoms with Crippen molar-refractivity contribution in [3.8, 4) is 0 Å². The van der Waals surface area contributed by atoms with E-state index in [-0.39, 0.29) is 24.0 Å². The number of carbonyl (C=O) groups excluding carboxylic acids is 2. The smallest absolute Gasteiger partial charge is 0.249 e. The Balaban J connectivity index is 2.11. The number of amides is 2. The molecule has 1 aromatic rings. The molecule has 0 saturated carbocycles. The van der Waals surface area contributed by atoms with Gasteiger partial charge in [0.25, 0.3) is 0 Å². The van der Waals surface area contributed by atoms with Crippen LogP contribution in [-0.4, -0.2) is 30.9 Å². The van der Waals surface area contributed by atoms with Gasteiger partial charge in [0.15, 0.2) is 0 Å². The number of rotatable bonds is 6. The summed E-state index contributed by atoms with van der Waals surface area (Å²) in [5.74, 6) is -0.911. The number of hydrogen-bond donors (Lipinski definition) is 2. The van der Waals surface area contributed by atoms with Gasteiger partial charge in [-0.05, 0) is 31.4 Å². The Kier molecular flexibility index (Phi) is 5.36. The summed E-state index contributed by atoms with van der Waals surface area (Å²) in [6, 6.07) is 5.54. The first-order valence-corrected chi connectivity index (χ1v) is 8.06. The molecule has 3 N–H and O–H groups in total. The van der Waals surface area contributed by atoms with Crippen LogP contribution in [0.4, 0.5) is 10.1 Å². The lowest BCUT2D eigenvalue weighted by atomic mass is 9.81. The average molecular weight is 321 g/mol. The van der Waals surface area contributed by atoms with Crippen molar-refractivity contribution in [3.63, 3.8) is 0 Å². The maximum Gasteiger partial charge on any atom is 0.249 e. The van der Waals surface area contributed by atoms with Crippen molar-refractivity contribution in [2.75, 3.05) is 18.0 Å². The summed E-state index contributed by atoms with van der Waals surface area (Å²) in [5.41, 5.74) is 5.38. The Hall–Kier alpha value is -1.95. The van der Waals surface area contributed by atoms with E-state index >= 15 is 0 Å². The quantitative estimate of drug-likeness (QED) is 0.839. The highest BCUT2D eigenvalue weighted by Crippen LogP contribution is 2.28. The van der Waals surface area contributed by atoms with Crippen molar-refractivity contribution < 1.29 is 14.0 Å². The fraction of sp³-hybridized carbons (Fsp3) is 0.529. The summed E-state index contributed by atoms with van der Waals surface area (Å²) < 4.78 is 13.9. The van der Waals surface area contributed by atoms with Crippen LogP contribution in [-0.2, 0) is 9.59 Å². The fourth-order valence-corrected chi connectivity index (χ4v) is 2.99.